The second-order valence-corrected chi connectivity index (χ2v) is 12.0. The monoisotopic (exact) mass is 639 g/mol. The van der Waals surface area contributed by atoms with Gasteiger partial charge in [-0.1, -0.05) is 63.9 Å². The molecule has 0 saturated heterocycles. The lowest BCUT2D eigenvalue weighted by Gasteiger charge is -2.31. The molecule has 41 heavy (non-hydrogen) atoms. The molecule has 0 aliphatic rings. The number of hydrogen-bond acceptors (Lipinski definition) is 4. The molecule has 3 aromatic carbocycles. The van der Waals surface area contributed by atoms with Gasteiger partial charge in [-0.05, 0) is 56.7 Å². The van der Waals surface area contributed by atoms with Crippen LogP contribution in [0.25, 0.3) is 10.9 Å². The number of aromatic nitrogens is 1. The van der Waals surface area contributed by atoms with E-state index < -0.39 is 23.5 Å². The number of amides is 2. The number of benzene rings is 3. The number of carbonyl (C=O) groups is 3. The van der Waals surface area contributed by atoms with E-state index in [-0.39, 0.29) is 17.8 Å². The highest BCUT2D eigenvalue weighted by atomic mass is 79.9. The standard InChI is InChI=1S/C31H31BrClN3O5/c1-31(2,3)34-29(38)27(26-23-14-11-21(33)15-25(23)35(4)28(26)30(39)40)36(18-37)16-19-9-12-22(13-10-19)41-17-20-7-5-6-8-24(20)32/h5-15,18,27H,16-17H2,1-4H3,(H,34,38)(H,39,40). The van der Waals surface area contributed by atoms with Crippen molar-refractivity contribution in [2.24, 2.45) is 7.05 Å². The molecule has 0 aliphatic heterocycles. The third-order valence-electron chi connectivity index (χ3n) is 6.53. The van der Waals surface area contributed by atoms with Crippen molar-refractivity contribution < 1.29 is 24.2 Å². The Morgan fingerprint density at radius 2 is 1.80 bits per heavy atom. The van der Waals surface area contributed by atoms with Gasteiger partial charge >= 0.3 is 5.97 Å². The second kappa shape index (κ2) is 12.4. The summed E-state index contributed by atoms with van der Waals surface area (Å²) in [5.41, 5.74) is 1.76. The first-order chi connectivity index (χ1) is 19.4. The molecule has 4 aromatic rings. The molecule has 0 spiro atoms. The number of aryl methyl sites for hydroxylation is 1. The van der Waals surface area contributed by atoms with Gasteiger partial charge in [0.2, 0.25) is 12.3 Å². The maximum Gasteiger partial charge on any atom is 0.352 e. The van der Waals surface area contributed by atoms with Crippen LogP contribution < -0.4 is 10.1 Å². The van der Waals surface area contributed by atoms with Crippen molar-refractivity contribution in [3.8, 4) is 5.75 Å². The molecule has 214 valence electrons. The molecule has 1 unspecified atom stereocenters. The van der Waals surface area contributed by atoms with Crippen molar-refractivity contribution in [3.05, 3.63) is 98.6 Å². The minimum absolute atomic E-state index is 0.0548. The molecule has 0 radical (unpaired) electrons. The van der Waals surface area contributed by atoms with Gasteiger partial charge in [0.15, 0.2) is 0 Å². The van der Waals surface area contributed by atoms with Gasteiger partial charge < -0.3 is 24.6 Å². The summed E-state index contributed by atoms with van der Waals surface area (Å²) in [4.78, 5) is 40.2. The Labute approximate surface area is 252 Å². The van der Waals surface area contributed by atoms with E-state index in [1.807, 2.05) is 57.2 Å². The fourth-order valence-electron chi connectivity index (χ4n) is 4.73. The van der Waals surface area contributed by atoms with E-state index in [1.54, 1.807) is 37.4 Å². The maximum atomic E-state index is 13.8. The lowest BCUT2D eigenvalue weighted by molar-refractivity contribution is -0.134. The van der Waals surface area contributed by atoms with Crippen molar-refractivity contribution in [1.82, 2.24) is 14.8 Å². The van der Waals surface area contributed by atoms with E-state index in [9.17, 15) is 19.5 Å². The van der Waals surface area contributed by atoms with Crippen LogP contribution in [0.2, 0.25) is 5.02 Å². The first-order valence-electron chi connectivity index (χ1n) is 12.9. The molecule has 1 heterocycles. The van der Waals surface area contributed by atoms with Crippen LogP contribution in [0.15, 0.2) is 71.2 Å². The van der Waals surface area contributed by atoms with Crippen molar-refractivity contribution in [2.45, 2.75) is 45.5 Å². The third kappa shape index (κ3) is 6.92. The molecule has 0 fully saturated rings. The van der Waals surface area contributed by atoms with E-state index in [2.05, 4.69) is 21.2 Å². The van der Waals surface area contributed by atoms with Crippen LogP contribution in [0.4, 0.5) is 0 Å². The zero-order chi connectivity index (χ0) is 29.9. The van der Waals surface area contributed by atoms with Gasteiger partial charge in [-0.3, -0.25) is 9.59 Å². The average molecular weight is 641 g/mol. The molecule has 1 atom stereocenters. The Hall–Kier alpha value is -3.82. The smallest absolute Gasteiger partial charge is 0.352 e. The summed E-state index contributed by atoms with van der Waals surface area (Å²) in [6, 6.07) is 18.7. The molecular formula is C31H31BrClN3O5. The molecule has 4 rings (SSSR count). The van der Waals surface area contributed by atoms with Gasteiger partial charge in [-0.2, -0.15) is 0 Å². The first-order valence-corrected chi connectivity index (χ1v) is 14.1. The van der Waals surface area contributed by atoms with E-state index in [4.69, 9.17) is 16.3 Å². The van der Waals surface area contributed by atoms with Gasteiger partial charge in [-0.25, -0.2) is 4.79 Å². The normalized spacial score (nSPS) is 12.1. The first kappa shape index (κ1) is 30.1. The SMILES string of the molecule is Cn1c(C(=O)O)c(C(C(=O)NC(C)(C)C)N(C=O)Cc2ccc(OCc3ccccc3Br)cc2)c2ccc(Cl)cc21. The highest BCUT2D eigenvalue weighted by molar-refractivity contribution is 9.10. The van der Waals surface area contributed by atoms with Crippen molar-refractivity contribution >= 4 is 56.7 Å². The van der Waals surface area contributed by atoms with Gasteiger partial charge in [-0.15, -0.1) is 0 Å². The number of rotatable bonds is 10. The van der Waals surface area contributed by atoms with E-state index in [0.29, 0.717) is 34.7 Å². The predicted molar refractivity (Wildman–Crippen MR) is 162 cm³/mol. The third-order valence-corrected chi connectivity index (χ3v) is 7.54. The summed E-state index contributed by atoms with van der Waals surface area (Å²) in [6.07, 6.45) is 0.574. The van der Waals surface area contributed by atoms with Crippen LogP contribution in [0.5, 0.6) is 5.75 Å². The quantitative estimate of drug-likeness (QED) is 0.193. The Morgan fingerprint density at radius 3 is 2.41 bits per heavy atom. The number of nitrogens with zero attached hydrogens (tertiary/aromatic N) is 2. The zero-order valence-electron chi connectivity index (χ0n) is 23.2. The average Bonchev–Trinajstić information content (AvgIpc) is 3.18. The number of aromatic carboxylic acids is 1. The van der Waals surface area contributed by atoms with Gasteiger partial charge in [0, 0.05) is 45.1 Å². The van der Waals surface area contributed by atoms with Crippen molar-refractivity contribution in [1.29, 1.82) is 0 Å². The minimum atomic E-state index is -1.23. The molecule has 2 amide bonds. The van der Waals surface area contributed by atoms with Gasteiger partial charge in [0.05, 0.1) is 5.52 Å². The molecule has 2 N–H and O–H groups in total. The summed E-state index contributed by atoms with van der Waals surface area (Å²) in [5, 5.41) is 14.1. The van der Waals surface area contributed by atoms with Crippen molar-refractivity contribution in [2.75, 3.05) is 0 Å². The molecule has 10 heteroatoms. The Bertz CT molecular complexity index is 1590. The number of ether oxygens (including phenoxy) is 1. The van der Waals surface area contributed by atoms with E-state index >= 15 is 0 Å². The van der Waals surface area contributed by atoms with E-state index in [1.165, 1.54) is 9.47 Å². The van der Waals surface area contributed by atoms with Crippen LogP contribution in [0.3, 0.4) is 0 Å². The molecular weight excluding hydrogens is 610 g/mol. The van der Waals surface area contributed by atoms with E-state index in [0.717, 1.165) is 15.6 Å². The highest BCUT2D eigenvalue weighted by Crippen LogP contribution is 2.36. The highest BCUT2D eigenvalue weighted by Gasteiger charge is 2.36. The number of carboxylic acids is 1. The topological polar surface area (TPSA) is 101 Å². The molecule has 8 nitrogen and oxygen atoms in total. The second-order valence-electron chi connectivity index (χ2n) is 10.7. The zero-order valence-corrected chi connectivity index (χ0v) is 25.5. The van der Waals surface area contributed by atoms with Crippen LogP contribution in [0, 0.1) is 0 Å². The predicted octanol–water partition coefficient (Wildman–Crippen LogP) is 6.49. The Kier molecular flexibility index (Phi) is 9.09. The number of hydrogen-bond donors (Lipinski definition) is 2. The fourth-order valence-corrected chi connectivity index (χ4v) is 5.29. The van der Waals surface area contributed by atoms with Gasteiger partial charge in [0.1, 0.15) is 24.1 Å². The number of fused-ring (bicyclic) bond motifs is 1. The van der Waals surface area contributed by atoms with Crippen LogP contribution >= 0.6 is 27.5 Å². The Morgan fingerprint density at radius 1 is 1.12 bits per heavy atom. The summed E-state index contributed by atoms with van der Waals surface area (Å²) < 4.78 is 8.35. The fraction of sp³-hybridized carbons (Fsp3) is 0.258. The summed E-state index contributed by atoms with van der Waals surface area (Å²) in [6.45, 7) is 5.89. The number of halogens is 2. The Balaban J connectivity index is 1.70. The molecule has 0 bridgehead atoms. The lowest BCUT2D eigenvalue weighted by atomic mass is 9.98. The minimum Gasteiger partial charge on any atom is -0.489 e. The van der Waals surface area contributed by atoms with Crippen LogP contribution in [-0.4, -0.2) is 38.4 Å². The maximum absolute atomic E-state index is 13.8. The molecule has 0 saturated carbocycles. The van der Waals surface area contributed by atoms with Crippen molar-refractivity contribution in [3.63, 3.8) is 0 Å². The molecule has 0 aliphatic carbocycles. The summed E-state index contributed by atoms with van der Waals surface area (Å²) >= 11 is 9.73. The van der Waals surface area contributed by atoms with Gasteiger partial charge in [0.25, 0.3) is 0 Å². The van der Waals surface area contributed by atoms with Crippen LogP contribution in [0.1, 0.15) is 54.0 Å². The lowest BCUT2D eigenvalue weighted by Crippen LogP contribution is -2.47. The number of carboxylic acid groups (broad SMARTS) is 1. The van der Waals surface area contributed by atoms with Crippen LogP contribution in [-0.2, 0) is 29.8 Å². The summed E-state index contributed by atoms with van der Waals surface area (Å²) in [7, 11) is 1.60. The number of carbonyl (C=O) groups excluding carboxylic acids is 2. The largest absolute Gasteiger partial charge is 0.489 e. The number of nitrogens with one attached hydrogen (secondary N) is 1. The molecule has 1 aromatic heterocycles. The summed E-state index contributed by atoms with van der Waals surface area (Å²) in [5.74, 6) is -1.08.